The molecule has 21 heavy (non-hydrogen) atoms. The van der Waals surface area contributed by atoms with E-state index in [4.69, 9.17) is 16.3 Å². The van der Waals surface area contributed by atoms with E-state index < -0.39 is 12.1 Å². The molecule has 0 atom stereocenters. The number of ether oxygens (including phenoxy) is 1. The topological polar surface area (TPSA) is 38.3 Å². The summed E-state index contributed by atoms with van der Waals surface area (Å²) in [4.78, 5) is 11.0. The van der Waals surface area contributed by atoms with E-state index in [1.165, 1.54) is 18.2 Å². The number of anilines is 1. The number of carbonyl (C=O) groups is 1. The summed E-state index contributed by atoms with van der Waals surface area (Å²) in [5.41, 5.74) is -0.159. The van der Waals surface area contributed by atoms with Gasteiger partial charge >= 0.3 is 12.1 Å². The molecule has 110 valence electrons. The molecule has 0 aliphatic heterocycles. The highest BCUT2D eigenvalue weighted by atomic mass is 35.5. The Labute approximate surface area is 123 Å². The standard InChI is InChI=1S/C14H9ClF3NO2/c15-9-6-7-12(21-10-4-2-1-3-5-10)11(8-9)19-13(20)14(16,17)18/h1-8H,(H,19,20). The van der Waals surface area contributed by atoms with E-state index in [9.17, 15) is 18.0 Å². The van der Waals surface area contributed by atoms with Gasteiger partial charge in [0.25, 0.3) is 0 Å². The average molecular weight is 316 g/mol. The summed E-state index contributed by atoms with van der Waals surface area (Å²) in [5.74, 6) is -1.62. The summed E-state index contributed by atoms with van der Waals surface area (Å²) >= 11 is 5.73. The molecule has 0 spiro atoms. The summed E-state index contributed by atoms with van der Waals surface area (Å²) < 4.78 is 42.4. The van der Waals surface area contributed by atoms with Gasteiger partial charge < -0.3 is 10.1 Å². The van der Waals surface area contributed by atoms with E-state index in [-0.39, 0.29) is 16.5 Å². The second-order valence-electron chi connectivity index (χ2n) is 4.01. The monoisotopic (exact) mass is 315 g/mol. The first kappa shape index (κ1) is 15.2. The lowest BCUT2D eigenvalue weighted by Crippen LogP contribution is -2.30. The first-order chi connectivity index (χ1) is 9.86. The van der Waals surface area contributed by atoms with Crippen LogP contribution in [0, 0.1) is 0 Å². The van der Waals surface area contributed by atoms with Crippen LogP contribution in [0.2, 0.25) is 5.02 Å². The minimum absolute atomic E-state index is 0.0585. The Morgan fingerprint density at radius 2 is 1.76 bits per heavy atom. The van der Waals surface area contributed by atoms with Crippen LogP contribution >= 0.6 is 11.6 Å². The summed E-state index contributed by atoms with van der Waals surface area (Å²) in [6.07, 6.45) is -4.99. The van der Waals surface area contributed by atoms with E-state index in [1.807, 2.05) is 0 Å². The van der Waals surface area contributed by atoms with Crippen molar-refractivity contribution in [3.63, 3.8) is 0 Å². The number of hydrogen-bond acceptors (Lipinski definition) is 2. The molecule has 2 rings (SSSR count). The maximum absolute atomic E-state index is 12.3. The highest BCUT2D eigenvalue weighted by molar-refractivity contribution is 6.31. The number of nitrogens with one attached hydrogen (secondary N) is 1. The van der Waals surface area contributed by atoms with Crippen molar-refractivity contribution in [1.82, 2.24) is 0 Å². The van der Waals surface area contributed by atoms with Gasteiger partial charge in [-0.2, -0.15) is 13.2 Å². The highest BCUT2D eigenvalue weighted by Crippen LogP contribution is 2.33. The Bertz CT molecular complexity index is 644. The van der Waals surface area contributed by atoms with Crippen molar-refractivity contribution in [2.45, 2.75) is 6.18 Å². The van der Waals surface area contributed by atoms with Crippen molar-refractivity contribution >= 4 is 23.2 Å². The van der Waals surface area contributed by atoms with Crippen LogP contribution < -0.4 is 10.1 Å². The van der Waals surface area contributed by atoms with Crippen LogP contribution in [-0.2, 0) is 4.79 Å². The summed E-state index contributed by atoms with van der Waals surface area (Å²) in [6, 6.07) is 12.4. The first-order valence-electron chi connectivity index (χ1n) is 5.77. The molecular weight excluding hydrogens is 307 g/mol. The fourth-order valence-corrected chi connectivity index (χ4v) is 1.67. The van der Waals surface area contributed by atoms with Crippen molar-refractivity contribution in [1.29, 1.82) is 0 Å². The number of alkyl halides is 3. The lowest BCUT2D eigenvalue weighted by Gasteiger charge is -2.13. The minimum atomic E-state index is -4.99. The third-order valence-electron chi connectivity index (χ3n) is 2.42. The number of para-hydroxylation sites is 1. The molecule has 0 fully saturated rings. The van der Waals surface area contributed by atoms with Gasteiger partial charge in [-0.05, 0) is 30.3 Å². The number of benzene rings is 2. The summed E-state index contributed by atoms with van der Waals surface area (Å²) in [5, 5.41) is 1.91. The van der Waals surface area contributed by atoms with Gasteiger partial charge in [-0.1, -0.05) is 29.8 Å². The Balaban J connectivity index is 2.28. The zero-order valence-electron chi connectivity index (χ0n) is 10.4. The van der Waals surface area contributed by atoms with E-state index >= 15 is 0 Å². The van der Waals surface area contributed by atoms with Crippen LogP contribution in [0.25, 0.3) is 0 Å². The van der Waals surface area contributed by atoms with E-state index in [0.29, 0.717) is 5.75 Å². The lowest BCUT2D eigenvalue weighted by molar-refractivity contribution is -0.167. The van der Waals surface area contributed by atoms with E-state index in [2.05, 4.69) is 0 Å². The second kappa shape index (κ2) is 6.05. The molecule has 0 unspecified atom stereocenters. The molecule has 2 aromatic carbocycles. The van der Waals surface area contributed by atoms with Crippen molar-refractivity contribution in [3.8, 4) is 11.5 Å². The second-order valence-corrected chi connectivity index (χ2v) is 4.44. The molecule has 0 aliphatic rings. The van der Waals surface area contributed by atoms with Crippen molar-refractivity contribution < 1.29 is 22.7 Å². The van der Waals surface area contributed by atoms with Gasteiger partial charge in [-0.3, -0.25) is 4.79 Å². The largest absolute Gasteiger partial charge is 0.471 e. The number of rotatable bonds is 3. The van der Waals surface area contributed by atoms with Gasteiger partial charge in [0.2, 0.25) is 0 Å². The third kappa shape index (κ3) is 4.13. The Kier molecular flexibility index (Phi) is 4.37. The van der Waals surface area contributed by atoms with Crippen molar-refractivity contribution in [3.05, 3.63) is 53.6 Å². The number of hydrogen-bond donors (Lipinski definition) is 1. The number of amides is 1. The molecule has 3 nitrogen and oxygen atoms in total. The highest BCUT2D eigenvalue weighted by Gasteiger charge is 2.39. The number of carbonyl (C=O) groups excluding carboxylic acids is 1. The maximum atomic E-state index is 12.3. The average Bonchev–Trinajstić information content (AvgIpc) is 2.42. The molecule has 0 radical (unpaired) electrons. The third-order valence-corrected chi connectivity index (χ3v) is 2.65. The van der Waals surface area contributed by atoms with Crippen LogP contribution in [0.4, 0.5) is 18.9 Å². The molecular formula is C14H9ClF3NO2. The molecule has 0 bridgehead atoms. The van der Waals surface area contributed by atoms with Gasteiger partial charge in [-0.25, -0.2) is 0 Å². The molecule has 0 heterocycles. The van der Waals surface area contributed by atoms with Crippen LogP contribution in [0.3, 0.4) is 0 Å². The fraction of sp³-hybridized carbons (Fsp3) is 0.0714. The quantitative estimate of drug-likeness (QED) is 0.896. The van der Waals surface area contributed by atoms with Gasteiger partial charge in [0.15, 0.2) is 5.75 Å². The smallest absolute Gasteiger partial charge is 0.455 e. The maximum Gasteiger partial charge on any atom is 0.471 e. The van der Waals surface area contributed by atoms with Gasteiger partial charge in [-0.15, -0.1) is 0 Å². The predicted octanol–water partition coefficient (Wildman–Crippen LogP) is 4.63. The van der Waals surface area contributed by atoms with Crippen LogP contribution in [0.1, 0.15) is 0 Å². The molecule has 0 aromatic heterocycles. The molecule has 2 aromatic rings. The summed E-state index contributed by atoms with van der Waals surface area (Å²) in [6.45, 7) is 0. The Hall–Kier alpha value is -2.21. The zero-order valence-corrected chi connectivity index (χ0v) is 11.2. The normalized spacial score (nSPS) is 11.0. The molecule has 0 aliphatic carbocycles. The van der Waals surface area contributed by atoms with E-state index in [0.717, 1.165) is 0 Å². The molecule has 1 amide bonds. The van der Waals surface area contributed by atoms with Crippen LogP contribution in [-0.4, -0.2) is 12.1 Å². The fourth-order valence-electron chi connectivity index (χ4n) is 1.50. The minimum Gasteiger partial charge on any atom is -0.455 e. The predicted molar refractivity (Wildman–Crippen MR) is 72.7 cm³/mol. The van der Waals surface area contributed by atoms with Crippen LogP contribution in [0.5, 0.6) is 11.5 Å². The Morgan fingerprint density at radius 1 is 1.10 bits per heavy atom. The van der Waals surface area contributed by atoms with E-state index in [1.54, 1.807) is 35.6 Å². The van der Waals surface area contributed by atoms with Gasteiger partial charge in [0.05, 0.1) is 5.69 Å². The van der Waals surface area contributed by atoms with Crippen molar-refractivity contribution in [2.75, 3.05) is 5.32 Å². The molecule has 0 saturated carbocycles. The van der Waals surface area contributed by atoms with Gasteiger partial charge in [0, 0.05) is 5.02 Å². The molecule has 0 saturated heterocycles. The van der Waals surface area contributed by atoms with Crippen LogP contribution in [0.15, 0.2) is 48.5 Å². The summed E-state index contributed by atoms with van der Waals surface area (Å²) in [7, 11) is 0. The van der Waals surface area contributed by atoms with Gasteiger partial charge in [0.1, 0.15) is 5.75 Å². The zero-order chi connectivity index (χ0) is 15.5. The lowest BCUT2D eigenvalue weighted by atomic mass is 10.2. The SMILES string of the molecule is O=C(Nc1cc(Cl)ccc1Oc1ccccc1)C(F)(F)F. The Morgan fingerprint density at radius 3 is 2.38 bits per heavy atom. The van der Waals surface area contributed by atoms with Crippen molar-refractivity contribution in [2.24, 2.45) is 0 Å². The molecule has 1 N–H and O–H groups in total. The first-order valence-corrected chi connectivity index (χ1v) is 6.14. The number of halogens is 4. The molecule has 7 heteroatoms.